The van der Waals surface area contributed by atoms with Gasteiger partial charge in [0.05, 0.1) is 0 Å². The lowest BCUT2D eigenvalue weighted by Crippen LogP contribution is -2.15. The highest BCUT2D eigenvalue weighted by atomic mass is 32.1. The van der Waals surface area contributed by atoms with E-state index in [4.69, 9.17) is 21.5 Å². The van der Waals surface area contributed by atoms with Crippen LogP contribution in [0.4, 0.5) is 0 Å². The first-order valence-corrected chi connectivity index (χ1v) is 23.0. The average molecular weight is 850 g/mol. The first-order chi connectivity index (χ1) is 31.9. The zero-order chi connectivity index (χ0) is 43.6. The summed E-state index contributed by atoms with van der Waals surface area (Å²) in [6.07, 6.45) is 0. The molecule has 3 nitrogen and oxygen atoms in total. The fourth-order valence-electron chi connectivity index (χ4n) is 10.1. The van der Waals surface area contributed by atoms with Crippen molar-refractivity contribution in [2.24, 2.45) is 0 Å². The molecule has 0 amide bonds. The van der Waals surface area contributed by atoms with E-state index >= 15 is 0 Å². The van der Waals surface area contributed by atoms with Crippen LogP contribution in [0.15, 0.2) is 213 Å². The van der Waals surface area contributed by atoms with E-state index < -0.39 is 0 Å². The molecule has 0 spiro atoms. The second kappa shape index (κ2) is 15.5. The second-order valence-electron chi connectivity index (χ2n) is 17.6. The maximum Gasteiger partial charge on any atom is 0.164 e. The third kappa shape index (κ3) is 6.60. The first kappa shape index (κ1) is 38.9. The maximum absolute atomic E-state index is 5.26. The van der Waals surface area contributed by atoms with Crippen molar-refractivity contribution < 1.29 is 0 Å². The van der Waals surface area contributed by atoms with Gasteiger partial charge in [-0.05, 0) is 78.5 Å². The lowest BCUT2D eigenvalue weighted by atomic mass is 9.78. The van der Waals surface area contributed by atoms with Crippen LogP contribution in [0.1, 0.15) is 47.6 Å². The predicted molar refractivity (Wildman–Crippen MR) is 273 cm³/mol. The minimum Gasteiger partial charge on any atom is -0.208 e. The number of rotatable bonds is 8. The lowest BCUT2D eigenvalue weighted by Gasteiger charge is -2.26. The van der Waals surface area contributed by atoms with Gasteiger partial charge in [-0.25, -0.2) is 15.0 Å². The molecule has 2 heterocycles. The molecule has 4 heteroatoms. The molecule has 0 N–H and O–H groups in total. The summed E-state index contributed by atoms with van der Waals surface area (Å²) in [6.45, 7) is 9.64. The molecule has 308 valence electrons. The van der Waals surface area contributed by atoms with Gasteiger partial charge in [0.2, 0.25) is 0 Å². The minimum atomic E-state index is -0.116. The number of fused-ring (bicyclic) bond motifs is 7. The summed E-state index contributed by atoms with van der Waals surface area (Å²) in [5.74, 6) is 1.89. The first-order valence-electron chi connectivity index (χ1n) is 22.2. The van der Waals surface area contributed by atoms with E-state index in [2.05, 4.69) is 202 Å². The number of thiophene rings is 1. The molecule has 0 saturated heterocycles. The standard InChI is InChI=1S/C61H43N3S/c1-38(56(42-30-28-40(29-31-42)39-16-6-4-7-17-39)45-33-34-48-47-23-12-13-26-52(47)61(2,3)53(48)36-45)44-32-35-50-55(37-44)65-54-27-15-25-51(57(50)54)60-63-58(43-19-8-5-9-20-43)62-59(64-60)49-24-14-21-41-18-10-11-22-46(41)49/h4-37,56H,1H2,2-3H3. The van der Waals surface area contributed by atoms with Gasteiger partial charge in [-0.15, -0.1) is 11.3 Å². The molecule has 9 aromatic carbocycles. The summed E-state index contributed by atoms with van der Waals surface area (Å²) in [6, 6.07) is 74.0. The van der Waals surface area contributed by atoms with E-state index in [0.29, 0.717) is 17.5 Å². The smallest absolute Gasteiger partial charge is 0.164 e. The summed E-state index contributed by atoms with van der Waals surface area (Å²) >= 11 is 1.80. The van der Waals surface area contributed by atoms with Gasteiger partial charge >= 0.3 is 0 Å². The molecule has 0 saturated carbocycles. The van der Waals surface area contributed by atoms with Gasteiger partial charge in [0.15, 0.2) is 17.5 Å². The fourth-order valence-corrected chi connectivity index (χ4v) is 11.3. The van der Waals surface area contributed by atoms with Crippen molar-refractivity contribution in [2.45, 2.75) is 25.2 Å². The molecule has 12 rings (SSSR count). The van der Waals surface area contributed by atoms with Crippen molar-refractivity contribution in [3.05, 3.63) is 241 Å². The van der Waals surface area contributed by atoms with Crippen molar-refractivity contribution in [2.75, 3.05) is 0 Å². The van der Waals surface area contributed by atoms with Crippen LogP contribution in [0.3, 0.4) is 0 Å². The molecule has 0 fully saturated rings. The number of allylic oxidation sites excluding steroid dienone is 1. The van der Waals surface area contributed by atoms with Crippen LogP contribution in [0.5, 0.6) is 0 Å². The Morgan fingerprint density at radius 1 is 0.446 bits per heavy atom. The van der Waals surface area contributed by atoms with Crippen LogP contribution in [0.25, 0.3) is 92.9 Å². The Labute approximate surface area is 383 Å². The summed E-state index contributed by atoms with van der Waals surface area (Å²) < 4.78 is 2.38. The molecule has 1 aliphatic carbocycles. The summed E-state index contributed by atoms with van der Waals surface area (Å²) in [7, 11) is 0. The molecule has 2 aromatic heterocycles. The van der Waals surface area contributed by atoms with Gasteiger partial charge in [0.25, 0.3) is 0 Å². The molecule has 1 unspecified atom stereocenters. The highest BCUT2D eigenvalue weighted by molar-refractivity contribution is 7.26. The van der Waals surface area contributed by atoms with Gasteiger partial charge in [-0.3, -0.25) is 0 Å². The highest BCUT2D eigenvalue weighted by Crippen LogP contribution is 2.51. The van der Waals surface area contributed by atoms with E-state index in [9.17, 15) is 0 Å². The highest BCUT2D eigenvalue weighted by Gasteiger charge is 2.36. The molecule has 0 bridgehead atoms. The number of nitrogens with zero attached hydrogens (tertiary/aromatic N) is 3. The summed E-state index contributed by atoms with van der Waals surface area (Å²) in [5.41, 5.74) is 15.2. The molecule has 11 aromatic rings. The zero-order valence-electron chi connectivity index (χ0n) is 36.2. The zero-order valence-corrected chi connectivity index (χ0v) is 37.0. The Bertz CT molecular complexity index is 3640. The molecule has 1 aliphatic rings. The molecule has 1 atom stereocenters. The van der Waals surface area contributed by atoms with Crippen LogP contribution in [-0.2, 0) is 5.41 Å². The number of hydrogen-bond acceptors (Lipinski definition) is 4. The third-order valence-corrected chi connectivity index (χ3v) is 14.6. The van der Waals surface area contributed by atoms with Crippen molar-refractivity contribution in [3.63, 3.8) is 0 Å². The molecule has 0 radical (unpaired) electrons. The summed E-state index contributed by atoms with van der Waals surface area (Å²) in [4.78, 5) is 15.6. The minimum absolute atomic E-state index is 0.0684. The average Bonchev–Trinajstić information content (AvgIpc) is 3.85. The topological polar surface area (TPSA) is 38.7 Å². The monoisotopic (exact) mass is 849 g/mol. The molecule has 65 heavy (non-hydrogen) atoms. The molecular formula is C61H43N3S. The predicted octanol–water partition coefficient (Wildman–Crippen LogP) is 16.2. The second-order valence-corrected chi connectivity index (χ2v) is 18.7. The van der Waals surface area contributed by atoms with Crippen molar-refractivity contribution >= 4 is 47.9 Å². The van der Waals surface area contributed by atoms with Gasteiger partial charge in [-0.2, -0.15) is 0 Å². The quantitative estimate of drug-likeness (QED) is 0.153. The normalized spacial score (nSPS) is 13.2. The van der Waals surface area contributed by atoms with Crippen molar-refractivity contribution in [1.82, 2.24) is 15.0 Å². The number of benzene rings is 9. The Hall–Kier alpha value is -7.79. The van der Waals surface area contributed by atoms with E-state index in [1.165, 1.54) is 59.3 Å². The van der Waals surface area contributed by atoms with Crippen LogP contribution >= 0.6 is 11.3 Å². The molecular weight excluding hydrogens is 807 g/mol. The SMILES string of the molecule is C=C(c1ccc2c(c1)sc1cccc(-c3nc(-c4ccccc4)nc(-c4cccc5ccccc45)n3)c12)C(c1ccc(-c2ccccc2)cc1)c1ccc2c(c1)C(C)(C)c1ccccc1-2. The van der Waals surface area contributed by atoms with E-state index in [1.807, 2.05) is 18.2 Å². The largest absolute Gasteiger partial charge is 0.208 e. The maximum atomic E-state index is 5.26. The van der Waals surface area contributed by atoms with Crippen molar-refractivity contribution in [1.29, 1.82) is 0 Å². The number of hydrogen-bond donors (Lipinski definition) is 0. The third-order valence-electron chi connectivity index (χ3n) is 13.4. The van der Waals surface area contributed by atoms with Crippen LogP contribution < -0.4 is 0 Å². The van der Waals surface area contributed by atoms with Crippen LogP contribution in [-0.4, -0.2) is 15.0 Å². The summed E-state index contributed by atoms with van der Waals surface area (Å²) in [5, 5.41) is 4.57. The van der Waals surface area contributed by atoms with Gasteiger partial charge in [-0.1, -0.05) is 215 Å². The van der Waals surface area contributed by atoms with E-state index in [1.54, 1.807) is 11.3 Å². The van der Waals surface area contributed by atoms with Crippen LogP contribution in [0, 0.1) is 0 Å². The Morgan fingerprint density at radius 2 is 1.05 bits per heavy atom. The number of aromatic nitrogens is 3. The Kier molecular flexibility index (Phi) is 9.25. The van der Waals surface area contributed by atoms with E-state index in [-0.39, 0.29) is 11.3 Å². The fraction of sp³-hybridized carbons (Fsp3) is 0.0656. The van der Waals surface area contributed by atoms with Gasteiger partial charge in [0.1, 0.15) is 0 Å². The lowest BCUT2D eigenvalue weighted by molar-refractivity contribution is 0.659. The van der Waals surface area contributed by atoms with Crippen molar-refractivity contribution in [3.8, 4) is 56.4 Å². The van der Waals surface area contributed by atoms with Gasteiger partial charge in [0, 0.05) is 48.2 Å². The Balaban J connectivity index is 0.983. The molecule has 0 aliphatic heterocycles. The Morgan fingerprint density at radius 3 is 1.86 bits per heavy atom. The van der Waals surface area contributed by atoms with Crippen LogP contribution in [0.2, 0.25) is 0 Å². The van der Waals surface area contributed by atoms with Gasteiger partial charge < -0.3 is 0 Å². The van der Waals surface area contributed by atoms with E-state index in [0.717, 1.165) is 44.0 Å².